The van der Waals surface area contributed by atoms with Crippen LogP contribution in [0.4, 0.5) is 0 Å². The molecular formula is C13H9BrCl2. The van der Waals surface area contributed by atoms with Crippen molar-refractivity contribution in [1.82, 2.24) is 0 Å². The van der Waals surface area contributed by atoms with E-state index in [0.29, 0.717) is 0 Å². The van der Waals surface area contributed by atoms with Gasteiger partial charge in [0.2, 0.25) is 0 Å². The lowest BCUT2D eigenvalue weighted by Crippen LogP contribution is -2.11. The van der Waals surface area contributed by atoms with Gasteiger partial charge in [0.05, 0.1) is 0 Å². The van der Waals surface area contributed by atoms with Gasteiger partial charge in [-0.25, -0.2) is 0 Å². The minimum Gasteiger partial charge on any atom is -0.0909 e. The van der Waals surface area contributed by atoms with Crippen molar-refractivity contribution in [2.45, 2.75) is 4.33 Å². The van der Waals surface area contributed by atoms with Gasteiger partial charge in [0.1, 0.15) is 0 Å². The van der Waals surface area contributed by atoms with E-state index in [4.69, 9.17) is 23.2 Å². The molecule has 0 unspecified atom stereocenters. The fourth-order valence-electron chi connectivity index (χ4n) is 1.50. The van der Waals surface area contributed by atoms with Gasteiger partial charge in [0.25, 0.3) is 0 Å². The lowest BCUT2D eigenvalue weighted by atomic mass is 10.0. The second-order valence-electron chi connectivity index (χ2n) is 3.45. The molecule has 2 rings (SSSR count). The van der Waals surface area contributed by atoms with Crippen LogP contribution in [0.3, 0.4) is 0 Å². The van der Waals surface area contributed by atoms with Gasteiger partial charge in [-0.15, -0.1) is 0 Å². The van der Waals surface area contributed by atoms with Gasteiger partial charge in [-0.05, 0) is 23.3 Å². The maximum Gasteiger partial charge on any atom is 0.168 e. The third kappa shape index (κ3) is 2.42. The second-order valence-corrected chi connectivity index (χ2v) is 5.69. The lowest BCUT2D eigenvalue weighted by molar-refractivity contribution is 1.04. The first-order chi connectivity index (χ1) is 7.60. The average Bonchev–Trinajstić information content (AvgIpc) is 2.30. The smallest absolute Gasteiger partial charge is 0.0909 e. The quantitative estimate of drug-likeness (QED) is 0.674. The molecule has 2 aromatic carbocycles. The average molecular weight is 316 g/mol. The Bertz CT molecular complexity index is 480. The lowest BCUT2D eigenvalue weighted by Gasteiger charge is -2.20. The highest BCUT2D eigenvalue weighted by Gasteiger charge is 2.28. The minimum atomic E-state index is -1.01. The van der Waals surface area contributed by atoms with Gasteiger partial charge in [0.15, 0.2) is 4.33 Å². The summed E-state index contributed by atoms with van der Waals surface area (Å²) in [7, 11) is 0. The molecule has 0 aromatic heterocycles. The first kappa shape index (κ1) is 12.0. The maximum atomic E-state index is 6.40. The van der Waals surface area contributed by atoms with Crippen molar-refractivity contribution in [3.8, 4) is 0 Å². The fourth-order valence-corrected chi connectivity index (χ4v) is 2.38. The molecule has 0 saturated heterocycles. The van der Waals surface area contributed by atoms with Crippen molar-refractivity contribution >= 4 is 39.1 Å². The SMILES string of the molecule is ClC(Cl)(c1ccccc1)c1cccc(Br)c1. The Morgan fingerprint density at radius 3 is 2.06 bits per heavy atom. The maximum absolute atomic E-state index is 6.40. The Morgan fingerprint density at radius 1 is 0.812 bits per heavy atom. The zero-order valence-corrected chi connectivity index (χ0v) is 11.4. The molecule has 0 nitrogen and oxygen atoms in total. The Balaban J connectivity index is 2.47. The van der Waals surface area contributed by atoms with Gasteiger partial charge in [-0.1, -0.05) is 81.6 Å². The molecule has 0 atom stereocenters. The Kier molecular flexibility index (Phi) is 3.58. The highest BCUT2D eigenvalue weighted by Crippen LogP contribution is 2.41. The Labute approximate surface area is 113 Å². The molecule has 0 aliphatic rings. The second kappa shape index (κ2) is 4.79. The van der Waals surface area contributed by atoms with E-state index in [1.807, 2.05) is 54.6 Å². The normalized spacial score (nSPS) is 11.4. The van der Waals surface area contributed by atoms with Crippen LogP contribution in [0.5, 0.6) is 0 Å². The number of hydrogen-bond donors (Lipinski definition) is 0. The van der Waals surface area contributed by atoms with Gasteiger partial charge < -0.3 is 0 Å². The molecule has 0 radical (unpaired) electrons. The van der Waals surface area contributed by atoms with Crippen LogP contribution < -0.4 is 0 Å². The standard InChI is InChI=1S/C13H9BrCl2/c14-12-8-4-7-11(9-12)13(15,16)10-5-2-1-3-6-10/h1-9H. The van der Waals surface area contributed by atoms with E-state index in [2.05, 4.69) is 15.9 Å². The summed E-state index contributed by atoms with van der Waals surface area (Å²) in [6.45, 7) is 0. The van der Waals surface area contributed by atoms with Crippen molar-refractivity contribution in [2.24, 2.45) is 0 Å². The van der Waals surface area contributed by atoms with Gasteiger partial charge in [0, 0.05) is 4.47 Å². The number of hydrogen-bond acceptors (Lipinski definition) is 0. The Morgan fingerprint density at radius 2 is 1.44 bits per heavy atom. The van der Waals surface area contributed by atoms with E-state index in [1.165, 1.54) is 0 Å². The van der Waals surface area contributed by atoms with E-state index >= 15 is 0 Å². The predicted molar refractivity (Wildman–Crippen MR) is 73.1 cm³/mol. The molecule has 0 amide bonds. The van der Waals surface area contributed by atoms with Crippen molar-refractivity contribution in [3.63, 3.8) is 0 Å². The van der Waals surface area contributed by atoms with Crippen LogP contribution in [-0.4, -0.2) is 0 Å². The molecule has 0 heterocycles. The topological polar surface area (TPSA) is 0 Å². The predicted octanol–water partition coefficient (Wildman–Crippen LogP) is 5.13. The molecule has 0 aliphatic heterocycles. The van der Waals surface area contributed by atoms with Crippen LogP contribution in [0.15, 0.2) is 59.1 Å². The largest absolute Gasteiger partial charge is 0.168 e. The summed E-state index contributed by atoms with van der Waals surface area (Å²) in [6, 6.07) is 17.3. The highest BCUT2D eigenvalue weighted by atomic mass is 79.9. The van der Waals surface area contributed by atoms with E-state index in [9.17, 15) is 0 Å². The molecular weight excluding hydrogens is 307 g/mol. The molecule has 0 fully saturated rings. The Hall–Kier alpha value is -0.500. The van der Waals surface area contributed by atoms with Crippen LogP contribution in [0.2, 0.25) is 0 Å². The van der Waals surface area contributed by atoms with Crippen molar-refractivity contribution in [1.29, 1.82) is 0 Å². The molecule has 2 aromatic rings. The summed E-state index contributed by atoms with van der Waals surface area (Å²) >= 11 is 16.2. The molecule has 0 aliphatic carbocycles. The van der Waals surface area contributed by atoms with E-state index < -0.39 is 4.33 Å². The van der Waals surface area contributed by atoms with Gasteiger partial charge in [-0.2, -0.15) is 0 Å². The van der Waals surface area contributed by atoms with Crippen molar-refractivity contribution < 1.29 is 0 Å². The number of alkyl halides is 2. The molecule has 0 bridgehead atoms. The first-order valence-corrected chi connectivity index (χ1v) is 6.35. The summed E-state index contributed by atoms with van der Waals surface area (Å²) in [5.41, 5.74) is 1.73. The molecule has 0 N–H and O–H groups in total. The fraction of sp³-hybridized carbons (Fsp3) is 0.0769. The zero-order valence-electron chi connectivity index (χ0n) is 8.33. The summed E-state index contributed by atoms with van der Waals surface area (Å²) < 4.78 is -0.0444. The van der Waals surface area contributed by atoms with Crippen LogP contribution in [0.25, 0.3) is 0 Å². The monoisotopic (exact) mass is 314 g/mol. The molecule has 0 saturated carbocycles. The highest BCUT2D eigenvalue weighted by molar-refractivity contribution is 9.10. The minimum absolute atomic E-state index is 0.858. The number of benzene rings is 2. The van der Waals surface area contributed by atoms with E-state index in [1.54, 1.807) is 0 Å². The summed E-state index contributed by atoms with van der Waals surface area (Å²) in [5.74, 6) is 0. The molecule has 16 heavy (non-hydrogen) atoms. The van der Waals surface area contributed by atoms with Crippen molar-refractivity contribution in [2.75, 3.05) is 0 Å². The number of halogens is 3. The van der Waals surface area contributed by atoms with Crippen molar-refractivity contribution in [3.05, 3.63) is 70.2 Å². The summed E-state index contributed by atoms with van der Waals surface area (Å²) in [5, 5.41) is 0. The van der Waals surface area contributed by atoms with E-state index in [0.717, 1.165) is 15.6 Å². The van der Waals surface area contributed by atoms with Crippen LogP contribution in [0, 0.1) is 0 Å². The summed E-state index contributed by atoms with van der Waals surface area (Å²) in [6.07, 6.45) is 0. The van der Waals surface area contributed by atoms with E-state index in [-0.39, 0.29) is 0 Å². The molecule has 82 valence electrons. The molecule has 0 spiro atoms. The number of rotatable bonds is 2. The zero-order chi connectivity index (χ0) is 11.6. The van der Waals surface area contributed by atoms with Crippen LogP contribution in [-0.2, 0) is 4.33 Å². The van der Waals surface area contributed by atoms with Gasteiger partial charge in [-0.3, -0.25) is 0 Å². The third-order valence-corrected chi connectivity index (χ3v) is 3.69. The van der Waals surface area contributed by atoms with Crippen LogP contribution in [0.1, 0.15) is 11.1 Å². The van der Waals surface area contributed by atoms with Gasteiger partial charge >= 0.3 is 0 Å². The first-order valence-electron chi connectivity index (χ1n) is 4.80. The molecule has 3 heteroatoms. The summed E-state index contributed by atoms with van der Waals surface area (Å²) in [4.78, 5) is 0. The third-order valence-electron chi connectivity index (χ3n) is 2.32. The van der Waals surface area contributed by atoms with Crippen LogP contribution >= 0.6 is 39.1 Å².